The van der Waals surface area contributed by atoms with Crippen LogP contribution in [0, 0.1) is 6.92 Å². The number of carbonyl (C=O) groups is 1. The first-order valence-electron chi connectivity index (χ1n) is 13.8. The van der Waals surface area contributed by atoms with Crippen LogP contribution in [0.4, 0.5) is 10.6 Å². The van der Waals surface area contributed by atoms with E-state index in [0.717, 1.165) is 46.0 Å². The quantitative estimate of drug-likeness (QED) is 0.228. The zero-order valence-corrected chi connectivity index (χ0v) is 23.7. The maximum Gasteiger partial charge on any atom is 0.410 e. The van der Waals surface area contributed by atoms with Gasteiger partial charge in [0.2, 0.25) is 5.28 Å². The fourth-order valence-electron chi connectivity index (χ4n) is 6.46. The molecule has 7 rings (SSSR count). The predicted molar refractivity (Wildman–Crippen MR) is 160 cm³/mol. The highest BCUT2D eigenvalue weighted by Gasteiger charge is 2.52. The Kier molecular flexibility index (Phi) is 6.23. The molecule has 8 nitrogen and oxygen atoms in total. The molecule has 2 fully saturated rings. The largest absolute Gasteiger partial charge is 0.445 e. The van der Waals surface area contributed by atoms with E-state index in [1.54, 1.807) is 0 Å². The summed E-state index contributed by atoms with van der Waals surface area (Å²) >= 11 is 6.48. The Balaban J connectivity index is 1.19. The normalized spacial score (nSPS) is 20.1. The van der Waals surface area contributed by atoms with Crippen LogP contribution in [-0.4, -0.2) is 55.8 Å². The molecule has 0 radical (unpaired) electrons. The van der Waals surface area contributed by atoms with E-state index >= 15 is 0 Å². The number of rotatable bonds is 4. The van der Waals surface area contributed by atoms with Gasteiger partial charge in [-0.1, -0.05) is 60.7 Å². The zero-order chi connectivity index (χ0) is 28.1. The molecule has 2 aliphatic heterocycles. The highest BCUT2D eigenvalue weighted by Crippen LogP contribution is 2.42. The van der Waals surface area contributed by atoms with Crippen LogP contribution in [0.15, 0.2) is 72.8 Å². The van der Waals surface area contributed by atoms with E-state index < -0.39 is 5.54 Å². The Bertz CT molecular complexity index is 1800. The molecule has 3 aromatic carbocycles. The van der Waals surface area contributed by atoms with Crippen LogP contribution in [0.2, 0.25) is 5.28 Å². The van der Waals surface area contributed by atoms with Crippen molar-refractivity contribution in [2.75, 3.05) is 18.0 Å². The number of ether oxygens (including phenoxy) is 1. The number of fused-ring (bicyclic) bond motifs is 4. The van der Waals surface area contributed by atoms with E-state index in [4.69, 9.17) is 16.3 Å². The number of piperazine rings is 1. The molecule has 9 heteroatoms. The number of halogens is 1. The molecular formula is C32H29ClN6O2. The molecule has 41 heavy (non-hydrogen) atoms. The molecule has 206 valence electrons. The van der Waals surface area contributed by atoms with Crippen LogP contribution < -0.4 is 4.90 Å². The molecular weight excluding hydrogens is 536 g/mol. The van der Waals surface area contributed by atoms with E-state index in [1.165, 1.54) is 0 Å². The van der Waals surface area contributed by atoms with E-state index in [-0.39, 0.29) is 24.0 Å². The molecule has 1 amide bonds. The third-order valence-electron chi connectivity index (χ3n) is 8.31. The van der Waals surface area contributed by atoms with Gasteiger partial charge in [0.25, 0.3) is 0 Å². The third-order valence-corrected chi connectivity index (χ3v) is 8.47. The van der Waals surface area contributed by atoms with Gasteiger partial charge in [0.05, 0.1) is 17.3 Å². The molecule has 2 saturated heterocycles. The highest BCUT2D eigenvalue weighted by atomic mass is 35.5. The summed E-state index contributed by atoms with van der Waals surface area (Å²) in [5, 5.41) is 11.7. The highest BCUT2D eigenvalue weighted by molar-refractivity contribution is 6.28. The minimum atomic E-state index is -0.408. The topological polar surface area (TPSA) is 84.3 Å². The molecule has 2 bridgehead atoms. The van der Waals surface area contributed by atoms with Gasteiger partial charge in [-0.05, 0) is 72.3 Å². The maximum absolute atomic E-state index is 13.3. The molecule has 2 aliphatic rings. The van der Waals surface area contributed by atoms with Crippen LogP contribution in [0.25, 0.3) is 33.1 Å². The second-order valence-corrected chi connectivity index (χ2v) is 11.6. The molecule has 5 aromatic rings. The molecule has 0 saturated carbocycles. The monoisotopic (exact) mass is 564 g/mol. The van der Waals surface area contributed by atoms with E-state index in [2.05, 4.69) is 63.2 Å². The Morgan fingerprint density at radius 3 is 2.68 bits per heavy atom. The smallest absolute Gasteiger partial charge is 0.410 e. The van der Waals surface area contributed by atoms with Crippen molar-refractivity contribution in [1.29, 1.82) is 0 Å². The van der Waals surface area contributed by atoms with Crippen molar-refractivity contribution in [2.45, 2.75) is 44.9 Å². The average molecular weight is 565 g/mol. The number of benzene rings is 3. The average Bonchev–Trinajstić information content (AvgIpc) is 3.19. The molecule has 0 unspecified atom stereocenters. The van der Waals surface area contributed by atoms with Gasteiger partial charge in [-0.25, -0.2) is 9.78 Å². The summed E-state index contributed by atoms with van der Waals surface area (Å²) in [5.41, 5.74) is 4.67. The Morgan fingerprint density at radius 1 is 1.05 bits per heavy atom. The molecule has 2 aromatic heterocycles. The van der Waals surface area contributed by atoms with Gasteiger partial charge in [-0.3, -0.25) is 4.90 Å². The third kappa shape index (κ3) is 4.62. The standard InChI is InChI=1S/C32H29ClN6O2/c1-20-14-22-10-6-7-11-24(22)25(15-20)26-16-27-28(37-36-26)29(35-30(33)34-27)38-17-23-12-13-32(2,19-38)39(23)31(40)41-18-21-8-4-3-5-9-21/h3-11,14-16,23H,12-13,17-19H2,1-2H3/t23-,32+/m1/s1. The minimum Gasteiger partial charge on any atom is -0.445 e. The summed E-state index contributed by atoms with van der Waals surface area (Å²) in [6, 6.07) is 24.2. The van der Waals surface area contributed by atoms with Crippen molar-refractivity contribution in [2.24, 2.45) is 0 Å². The fourth-order valence-corrected chi connectivity index (χ4v) is 6.63. The number of aromatic nitrogens is 4. The van der Waals surface area contributed by atoms with Crippen molar-refractivity contribution >= 4 is 45.3 Å². The number of hydrogen-bond acceptors (Lipinski definition) is 7. The van der Waals surface area contributed by atoms with E-state index in [9.17, 15) is 4.79 Å². The second-order valence-electron chi connectivity index (χ2n) is 11.3. The van der Waals surface area contributed by atoms with Crippen molar-refractivity contribution in [3.63, 3.8) is 0 Å². The lowest BCUT2D eigenvalue weighted by Crippen LogP contribution is -2.62. The van der Waals surface area contributed by atoms with Gasteiger partial charge in [0, 0.05) is 18.7 Å². The summed E-state index contributed by atoms with van der Waals surface area (Å²) in [6.45, 7) is 5.62. The maximum atomic E-state index is 13.3. The predicted octanol–water partition coefficient (Wildman–Crippen LogP) is 6.58. The molecule has 0 spiro atoms. The number of carbonyl (C=O) groups excluding carboxylic acids is 1. The Hall–Kier alpha value is -4.30. The summed E-state index contributed by atoms with van der Waals surface area (Å²) in [7, 11) is 0. The lowest BCUT2D eigenvalue weighted by Gasteiger charge is -2.47. The van der Waals surface area contributed by atoms with Crippen LogP contribution in [0.3, 0.4) is 0 Å². The molecule has 2 atom stereocenters. The van der Waals surface area contributed by atoms with Crippen molar-refractivity contribution in [3.8, 4) is 11.3 Å². The molecule has 4 heterocycles. The number of hydrogen-bond donors (Lipinski definition) is 0. The van der Waals surface area contributed by atoms with Gasteiger partial charge in [-0.15, -0.1) is 10.2 Å². The summed E-state index contributed by atoms with van der Waals surface area (Å²) in [4.78, 5) is 26.5. The number of nitrogens with zero attached hydrogens (tertiary/aromatic N) is 6. The lowest BCUT2D eigenvalue weighted by atomic mass is 9.98. The molecule has 0 N–H and O–H groups in total. The van der Waals surface area contributed by atoms with Crippen molar-refractivity contribution < 1.29 is 9.53 Å². The summed E-state index contributed by atoms with van der Waals surface area (Å²) < 4.78 is 5.74. The molecule has 0 aliphatic carbocycles. The fraction of sp³-hybridized carbons (Fsp3) is 0.281. The van der Waals surface area contributed by atoms with Gasteiger partial charge in [0.15, 0.2) is 11.3 Å². The van der Waals surface area contributed by atoms with Crippen LogP contribution in [-0.2, 0) is 11.3 Å². The number of anilines is 1. The first-order valence-corrected chi connectivity index (χ1v) is 14.2. The zero-order valence-electron chi connectivity index (χ0n) is 22.9. The lowest BCUT2D eigenvalue weighted by molar-refractivity contribution is 0.0467. The second kappa shape index (κ2) is 9.96. The Morgan fingerprint density at radius 2 is 1.85 bits per heavy atom. The van der Waals surface area contributed by atoms with Crippen LogP contribution >= 0.6 is 11.6 Å². The minimum absolute atomic E-state index is 0.00768. The van der Waals surface area contributed by atoms with Crippen molar-refractivity contribution in [3.05, 3.63) is 89.2 Å². The summed E-state index contributed by atoms with van der Waals surface area (Å²) in [6.07, 6.45) is 1.49. The van der Waals surface area contributed by atoms with Crippen molar-refractivity contribution in [1.82, 2.24) is 25.1 Å². The SMILES string of the molecule is Cc1cc(-c2cc3nc(Cl)nc(N4C[C@H]5CC[C@@](C)(C4)N5C(=O)OCc4ccccc4)c3nn2)c2ccccc2c1. The Labute approximate surface area is 242 Å². The first kappa shape index (κ1) is 25.7. The first-order chi connectivity index (χ1) is 19.9. The van der Waals surface area contributed by atoms with E-state index in [0.29, 0.717) is 29.9 Å². The van der Waals surface area contributed by atoms with Gasteiger partial charge in [0.1, 0.15) is 12.1 Å². The van der Waals surface area contributed by atoms with Crippen LogP contribution in [0.1, 0.15) is 30.9 Å². The number of amides is 1. The van der Waals surface area contributed by atoms with E-state index in [1.807, 2.05) is 53.4 Å². The van der Waals surface area contributed by atoms with Gasteiger partial charge >= 0.3 is 6.09 Å². The van der Waals surface area contributed by atoms with Crippen LogP contribution in [0.5, 0.6) is 0 Å². The van der Waals surface area contributed by atoms with Gasteiger partial charge in [-0.2, -0.15) is 4.98 Å². The number of aryl methyl sites for hydroxylation is 1. The van der Waals surface area contributed by atoms with Gasteiger partial charge < -0.3 is 9.64 Å². The summed E-state index contributed by atoms with van der Waals surface area (Å²) in [5.74, 6) is 0.642.